The van der Waals surface area contributed by atoms with Crippen LogP contribution in [0.25, 0.3) is 0 Å². The Morgan fingerprint density at radius 1 is 1.21 bits per heavy atom. The van der Waals surface area contributed by atoms with Crippen molar-refractivity contribution in [3.63, 3.8) is 0 Å². The molecule has 3 rings (SSSR count). The lowest BCUT2D eigenvalue weighted by Crippen LogP contribution is -2.40. The van der Waals surface area contributed by atoms with Crippen LogP contribution in [0, 0.1) is 5.82 Å². The zero-order chi connectivity index (χ0) is 17.2. The van der Waals surface area contributed by atoms with Gasteiger partial charge in [0.2, 0.25) is 10.0 Å². The molecule has 0 saturated heterocycles. The van der Waals surface area contributed by atoms with Crippen molar-refractivity contribution in [2.45, 2.75) is 68.0 Å². The van der Waals surface area contributed by atoms with E-state index in [0.717, 1.165) is 44.6 Å². The van der Waals surface area contributed by atoms with Crippen molar-refractivity contribution in [1.29, 1.82) is 0 Å². The monoisotopic (exact) mass is 357 g/mol. The first-order valence-electron chi connectivity index (χ1n) is 8.56. The molecule has 2 saturated carbocycles. The normalized spacial score (nSPS) is 21.2. The molecule has 5 nitrogen and oxygen atoms in total. The topological polar surface area (TPSA) is 75.6 Å². The zero-order valence-corrected chi connectivity index (χ0v) is 14.4. The summed E-state index contributed by atoms with van der Waals surface area (Å²) < 4.78 is 46.8. The third-order valence-electron chi connectivity index (χ3n) is 4.93. The highest BCUT2D eigenvalue weighted by molar-refractivity contribution is 7.89. The van der Waals surface area contributed by atoms with E-state index in [0.29, 0.717) is 12.8 Å². The Morgan fingerprint density at radius 2 is 1.88 bits per heavy atom. The number of sulfonamides is 1. The van der Waals surface area contributed by atoms with Gasteiger partial charge in [0, 0.05) is 6.54 Å². The van der Waals surface area contributed by atoms with E-state index in [2.05, 4.69) is 4.72 Å². The lowest BCUT2D eigenvalue weighted by atomic mass is 10.0. The van der Waals surface area contributed by atoms with Crippen LogP contribution in [0.2, 0.25) is 0 Å². The molecule has 0 unspecified atom stereocenters. The van der Waals surface area contributed by atoms with Gasteiger partial charge in [-0.2, -0.15) is 0 Å². The Labute approximate surface area is 142 Å². The predicted molar refractivity (Wildman–Crippen MR) is 87.9 cm³/mol. The van der Waals surface area contributed by atoms with E-state index in [1.807, 2.05) is 0 Å². The van der Waals surface area contributed by atoms with Gasteiger partial charge < -0.3 is 9.84 Å². The van der Waals surface area contributed by atoms with E-state index in [9.17, 15) is 17.9 Å². The lowest BCUT2D eigenvalue weighted by molar-refractivity contribution is 0.0532. The molecular weight excluding hydrogens is 333 g/mol. The lowest BCUT2D eigenvalue weighted by Gasteiger charge is -2.22. The molecule has 0 heterocycles. The molecule has 0 amide bonds. The third kappa shape index (κ3) is 4.07. The summed E-state index contributed by atoms with van der Waals surface area (Å²) in [5, 5.41) is 10.2. The molecule has 0 radical (unpaired) electrons. The third-order valence-corrected chi connectivity index (χ3v) is 6.33. The standard InChI is InChI=1S/C17H24FNO4S/c18-15-11-14(7-8-16(15)23-13-5-1-2-6-13)24(21,22)19-12-17(20)9-3-4-10-17/h7-8,11,13,19-20H,1-6,9-10,12H2. The fourth-order valence-corrected chi connectivity index (χ4v) is 4.58. The second kappa shape index (κ2) is 6.98. The molecule has 1 aromatic carbocycles. The van der Waals surface area contributed by atoms with Crippen molar-refractivity contribution in [3.05, 3.63) is 24.0 Å². The van der Waals surface area contributed by atoms with Crippen molar-refractivity contribution in [2.24, 2.45) is 0 Å². The van der Waals surface area contributed by atoms with Gasteiger partial charge in [0.1, 0.15) is 0 Å². The molecule has 0 spiro atoms. The maximum absolute atomic E-state index is 14.2. The molecule has 0 aromatic heterocycles. The van der Waals surface area contributed by atoms with Crippen molar-refractivity contribution in [2.75, 3.05) is 6.54 Å². The summed E-state index contributed by atoms with van der Waals surface area (Å²) >= 11 is 0. The SMILES string of the molecule is O=S(=O)(NCC1(O)CCCC1)c1ccc(OC2CCCC2)c(F)c1. The van der Waals surface area contributed by atoms with E-state index in [4.69, 9.17) is 4.74 Å². The maximum Gasteiger partial charge on any atom is 0.240 e. The first kappa shape index (κ1) is 17.6. The molecule has 134 valence electrons. The van der Waals surface area contributed by atoms with Crippen LogP contribution in [0.5, 0.6) is 5.75 Å². The van der Waals surface area contributed by atoms with E-state index in [1.54, 1.807) is 0 Å². The Kier molecular flexibility index (Phi) is 5.13. The fourth-order valence-electron chi connectivity index (χ4n) is 3.45. The minimum Gasteiger partial charge on any atom is -0.487 e. The Balaban J connectivity index is 1.67. The summed E-state index contributed by atoms with van der Waals surface area (Å²) in [5.74, 6) is -0.584. The molecule has 7 heteroatoms. The van der Waals surface area contributed by atoms with Crippen molar-refractivity contribution >= 4 is 10.0 Å². The van der Waals surface area contributed by atoms with E-state index in [1.165, 1.54) is 12.1 Å². The van der Waals surface area contributed by atoms with Gasteiger partial charge in [0.15, 0.2) is 11.6 Å². The van der Waals surface area contributed by atoms with Crippen LogP contribution >= 0.6 is 0 Å². The van der Waals surface area contributed by atoms with Gasteiger partial charge in [-0.3, -0.25) is 0 Å². The highest BCUT2D eigenvalue weighted by Gasteiger charge is 2.32. The molecule has 1 aromatic rings. The summed E-state index contributed by atoms with van der Waals surface area (Å²) in [6.45, 7) is -0.0444. The fraction of sp³-hybridized carbons (Fsp3) is 0.647. The van der Waals surface area contributed by atoms with E-state index < -0.39 is 21.4 Å². The largest absolute Gasteiger partial charge is 0.487 e. The average Bonchev–Trinajstić information content (AvgIpc) is 3.20. The second-order valence-corrected chi connectivity index (χ2v) is 8.64. The Hall–Kier alpha value is -1.18. The van der Waals surface area contributed by atoms with Crippen LogP contribution in [-0.2, 0) is 10.0 Å². The number of benzene rings is 1. The highest BCUT2D eigenvalue weighted by atomic mass is 32.2. The van der Waals surface area contributed by atoms with Crippen molar-refractivity contribution < 1.29 is 22.7 Å². The quantitative estimate of drug-likeness (QED) is 0.821. The molecule has 2 N–H and O–H groups in total. The number of rotatable bonds is 6. The van der Waals surface area contributed by atoms with Gasteiger partial charge in [-0.1, -0.05) is 12.8 Å². The number of nitrogens with one attached hydrogen (secondary N) is 1. The van der Waals surface area contributed by atoms with Crippen LogP contribution in [0.15, 0.2) is 23.1 Å². The number of ether oxygens (including phenoxy) is 1. The number of halogens is 1. The maximum atomic E-state index is 14.2. The zero-order valence-electron chi connectivity index (χ0n) is 13.6. The molecule has 2 fully saturated rings. The molecule has 24 heavy (non-hydrogen) atoms. The van der Waals surface area contributed by atoms with E-state index in [-0.39, 0.29) is 23.3 Å². The smallest absolute Gasteiger partial charge is 0.240 e. The predicted octanol–water partition coefficient (Wildman–Crippen LogP) is 2.73. The van der Waals surface area contributed by atoms with Crippen molar-refractivity contribution in [1.82, 2.24) is 4.72 Å². The van der Waals surface area contributed by atoms with Crippen LogP contribution in [0.1, 0.15) is 51.4 Å². The van der Waals surface area contributed by atoms with Crippen LogP contribution in [-0.4, -0.2) is 31.8 Å². The highest BCUT2D eigenvalue weighted by Crippen LogP contribution is 2.30. The first-order valence-corrected chi connectivity index (χ1v) is 10.0. The summed E-state index contributed by atoms with van der Waals surface area (Å²) in [7, 11) is -3.86. The molecular formula is C17H24FNO4S. The number of hydrogen-bond donors (Lipinski definition) is 2. The van der Waals surface area contributed by atoms with Crippen LogP contribution < -0.4 is 9.46 Å². The van der Waals surface area contributed by atoms with Gasteiger partial charge in [-0.15, -0.1) is 0 Å². The van der Waals surface area contributed by atoms with Gasteiger partial charge >= 0.3 is 0 Å². The molecule has 0 bridgehead atoms. The average molecular weight is 357 g/mol. The summed E-state index contributed by atoms with van der Waals surface area (Å²) in [4.78, 5) is -0.152. The number of aliphatic hydroxyl groups is 1. The van der Waals surface area contributed by atoms with Crippen LogP contribution in [0.4, 0.5) is 4.39 Å². The Bertz CT molecular complexity index is 680. The molecule has 0 aliphatic heterocycles. The summed E-state index contributed by atoms with van der Waals surface area (Å²) in [6, 6.07) is 3.69. The summed E-state index contributed by atoms with van der Waals surface area (Å²) in [5.41, 5.74) is -0.989. The van der Waals surface area contributed by atoms with Crippen molar-refractivity contribution in [3.8, 4) is 5.75 Å². The minimum absolute atomic E-state index is 0.0108. The number of hydrogen-bond acceptors (Lipinski definition) is 4. The van der Waals surface area contributed by atoms with Crippen LogP contribution in [0.3, 0.4) is 0 Å². The minimum atomic E-state index is -3.86. The molecule has 2 aliphatic rings. The second-order valence-electron chi connectivity index (χ2n) is 6.87. The van der Waals surface area contributed by atoms with E-state index >= 15 is 0 Å². The molecule has 0 atom stereocenters. The van der Waals surface area contributed by atoms with Gasteiger partial charge in [0.25, 0.3) is 0 Å². The first-order chi connectivity index (χ1) is 11.4. The Morgan fingerprint density at radius 3 is 2.50 bits per heavy atom. The van der Waals surface area contributed by atoms with Gasteiger partial charge in [0.05, 0.1) is 16.6 Å². The van der Waals surface area contributed by atoms with Gasteiger partial charge in [-0.05, 0) is 56.7 Å². The molecule has 2 aliphatic carbocycles. The summed E-state index contributed by atoms with van der Waals surface area (Å²) in [6.07, 6.45) is 6.91. The van der Waals surface area contributed by atoms with Gasteiger partial charge in [-0.25, -0.2) is 17.5 Å².